The van der Waals surface area contributed by atoms with Crippen LogP contribution >= 0.6 is 15.9 Å². The molecule has 0 radical (unpaired) electrons. The zero-order valence-corrected chi connectivity index (χ0v) is 11.3. The van der Waals surface area contributed by atoms with Crippen LogP contribution in [0.25, 0.3) is 0 Å². The van der Waals surface area contributed by atoms with Crippen LogP contribution in [0.1, 0.15) is 19.3 Å². The molecule has 2 aliphatic heterocycles. The Kier molecular flexibility index (Phi) is 5.07. The Balaban J connectivity index is 1.69. The van der Waals surface area contributed by atoms with Crippen molar-refractivity contribution in [2.45, 2.75) is 19.3 Å². The summed E-state index contributed by atoms with van der Waals surface area (Å²) >= 11 is 3.62. The van der Waals surface area contributed by atoms with Crippen LogP contribution in [0.2, 0.25) is 0 Å². The van der Waals surface area contributed by atoms with E-state index in [4.69, 9.17) is 14.2 Å². The predicted octanol–water partition coefficient (Wildman–Crippen LogP) is 2.23. The topological polar surface area (TPSA) is 27.7 Å². The molecule has 3 nitrogen and oxygen atoms in total. The first-order valence-corrected chi connectivity index (χ1v) is 7.26. The summed E-state index contributed by atoms with van der Waals surface area (Å²) in [5, 5.41) is 1.02. The van der Waals surface area contributed by atoms with Crippen LogP contribution in [0.15, 0.2) is 0 Å². The fourth-order valence-corrected chi connectivity index (χ4v) is 3.00. The van der Waals surface area contributed by atoms with Gasteiger partial charge in [-0.2, -0.15) is 0 Å². The molecule has 0 aromatic heterocycles. The number of halogens is 1. The maximum atomic E-state index is 5.89. The zero-order valence-electron chi connectivity index (χ0n) is 9.75. The van der Waals surface area contributed by atoms with Crippen LogP contribution < -0.4 is 0 Å². The second-order valence-corrected chi connectivity index (χ2v) is 5.55. The van der Waals surface area contributed by atoms with Crippen molar-refractivity contribution in [3.63, 3.8) is 0 Å². The Morgan fingerprint density at radius 1 is 1.19 bits per heavy atom. The van der Waals surface area contributed by atoms with E-state index in [1.807, 2.05) is 0 Å². The van der Waals surface area contributed by atoms with Crippen LogP contribution in [0.3, 0.4) is 0 Å². The average molecular weight is 293 g/mol. The zero-order chi connectivity index (χ0) is 11.3. The molecule has 2 rings (SSSR count). The number of hydrogen-bond acceptors (Lipinski definition) is 3. The van der Waals surface area contributed by atoms with E-state index < -0.39 is 0 Å². The van der Waals surface area contributed by atoms with Crippen molar-refractivity contribution >= 4 is 15.9 Å². The van der Waals surface area contributed by atoms with Crippen LogP contribution in [0, 0.1) is 11.3 Å². The molecule has 0 saturated carbocycles. The lowest BCUT2D eigenvalue weighted by atomic mass is 9.83. The van der Waals surface area contributed by atoms with E-state index in [9.17, 15) is 0 Å². The summed E-state index contributed by atoms with van der Waals surface area (Å²) in [6.07, 6.45) is 3.38. The third kappa shape index (κ3) is 3.42. The second-order valence-electron chi connectivity index (χ2n) is 4.99. The monoisotopic (exact) mass is 292 g/mol. The van der Waals surface area contributed by atoms with E-state index in [-0.39, 0.29) is 0 Å². The molecule has 0 amide bonds. The van der Waals surface area contributed by atoms with E-state index in [1.165, 1.54) is 0 Å². The number of alkyl halides is 1. The van der Waals surface area contributed by atoms with Gasteiger partial charge in [0.15, 0.2) is 0 Å². The third-order valence-electron chi connectivity index (χ3n) is 3.62. The summed E-state index contributed by atoms with van der Waals surface area (Å²) in [6.45, 7) is 5.26. The fraction of sp³-hybridized carbons (Fsp3) is 1.00. The molecule has 2 fully saturated rings. The Hall–Kier alpha value is 0.360. The maximum Gasteiger partial charge on any atom is 0.0532 e. The Morgan fingerprint density at radius 2 is 2.00 bits per heavy atom. The van der Waals surface area contributed by atoms with Gasteiger partial charge in [0.1, 0.15) is 0 Å². The average Bonchev–Trinajstić information content (AvgIpc) is 2.83. The van der Waals surface area contributed by atoms with Gasteiger partial charge in [0.2, 0.25) is 0 Å². The number of ether oxygens (including phenoxy) is 3. The highest BCUT2D eigenvalue weighted by atomic mass is 79.9. The van der Waals surface area contributed by atoms with Crippen molar-refractivity contribution in [1.29, 1.82) is 0 Å². The van der Waals surface area contributed by atoms with E-state index in [1.54, 1.807) is 0 Å². The van der Waals surface area contributed by atoms with Crippen molar-refractivity contribution in [2.24, 2.45) is 11.3 Å². The molecule has 1 atom stereocenters. The summed E-state index contributed by atoms with van der Waals surface area (Å²) < 4.78 is 16.6. The molecule has 2 saturated heterocycles. The minimum absolute atomic E-state index is 0.303. The molecule has 2 aliphatic rings. The fourth-order valence-electron chi connectivity index (χ4n) is 2.28. The molecular weight excluding hydrogens is 272 g/mol. The lowest BCUT2D eigenvalue weighted by Crippen LogP contribution is -2.36. The van der Waals surface area contributed by atoms with Crippen LogP contribution in [0.5, 0.6) is 0 Å². The van der Waals surface area contributed by atoms with Gasteiger partial charge in [0.25, 0.3) is 0 Å². The largest absolute Gasteiger partial charge is 0.381 e. The van der Waals surface area contributed by atoms with E-state index in [0.717, 1.165) is 64.2 Å². The minimum Gasteiger partial charge on any atom is -0.381 e. The third-order valence-corrected chi connectivity index (χ3v) is 4.81. The first-order valence-electron chi connectivity index (χ1n) is 6.14. The molecule has 0 aromatic carbocycles. The van der Waals surface area contributed by atoms with Gasteiger partial charge >= 0.3 is 0 Å². The highest BCUT2D eigenvalue weighted by Gasteiger charge is 2.32. The summed E-state index contributed by atoms with van der Waals surface area (Å²) in [6, 6.07) is 0. The Morgan fingerprint density at radius 3 is 2.62 bits per heavy atom. The molecule has 0 bridgehead atoms. The van der Waals surface area contributed by atoms with Gasteiger partial charge in [-0.1, -0.05) is 15.9 Å². The molecule has 0 aliphatic carbocycles. The van der Waals surface area contributed by atoms with Crippen molar-refractivity contribution in [2.75, 3.05) is 45.0 Å². The van der Waals surface area contributed by atoms with E-state index in [0.29, 0.717) is 11.3 Å². The molecule has 0 N–H and O–H groups in total. The smallest absolute Gasteiger partial charge is 0.0532 e. The summed E-state index contributed by atoms with van der Waals surface area (Å²) in [5.74, 6) is 0.618. The van der Waals surface area contributed by atoms with Gasteiger partial charge in [-0.3, -0.25) is 0 Å². The molecule has 4 heteroatoms. The second kappa shape index (κ2) is 6.34. The first kappa shape index (κ1) is 12.8. The standard InChI is InChI=1S/C12H21BrO3/c13-9-12(2-5-14-6-3-12)10-16-8-11-1-4-15-7-11/h11H,1-10H2. The Labute approximate surface area is 106 Å². The molecule has 94 valence electrons. The van der Waals surface area contributed by atoms with Gasteiger partial charge in [-0.15, -0.1) is 0 Å². The summed E-state index contributed by atoms with van der Waals surface area (Å²) in [5.41, 5.74) is 0.303. The number of hydrogen-bond donors (Lipinski definition) is 0. The minimum atomic E-state index is 0.303. The van der Waals surface area contributed by atoms with Crippen LogP contribution in [-0.4, -0.2) is 45.0 Å². The van der Waals surface area contributed by atoms with Gasteiger partial charge in [0.05, 0.1) is 19.8 Å². The van der Waals surface area contributed by atoms with Crippen molar-refractivity contribution in [3.05, 3.63) is 0 Å². The highest BCUT2D eigenvalue weighted by Crippen LogP contribution is 2.33. The lowest BCUT2D eigenvalue weighted by Gasteiger charge is -2.35. The summed E-state index contributed by atoms with van der Waals surface area (Å²) in [4.78, 5) is 0. The van der Waals surface area contributed by atoms with Crippen LogP contribution in [0.4, 0.5) is 0 Å². The summed E-state index contributed by atoms with van der Waals surface area (Å²) in [7, 11) is 0. The van der Waals surface area contributed by atoms with Gasteiger partial charge < -0.3 is 14.2 Å². The molecule has 1 unspecified atom stereocenters. The van der Waals surface area contributed by atoms with E-state index >= 15 is 0 Å². The molecular formula is C12H21BrO3. The van der Waals surface area contributed by atoms with Crippen LogP contribution in [-0.2, 0) is 14.2 Å². The highest BCUT2D eigenvalue weighted by molar-refractivity contribution is 9.09. The van der Waals surface area contributed by atoms with Gasteiger partial charge in [0, 0.05) is 36.5 Å². The van der Waals surface area contributed by atoms with Crippen molar-refractivity contribution in [3.8, 4) is 0 Å². The maximum absolute atomic E-state index is 5.89. The van der Waals surface area contributed by atoms with Crippen molar-refractivity contribution < 1.29 is 14.2 Å². The number of rotatable bonds is 5. The normalized spacial score (nSPS) is 29.4. The molecule has 0 spiro atoms. The van der Waals surface area contributed by atoms with Gasteiger partial charge in [-0.05, 0) is 19.3 Å². The SMILES string of the molecule is BrCC1(COCC2CCOC2)CCOCC1. The Bertz CT molecular complexity index is 198. The molecule has 0 aromatic rings. The predicted molar refractivity (Wildman–Crippen MR) is 66.0 cm³/mol. The first-order chi connectivity index (χ1) is 7.85. The van der Waals surface area contributed by atoms with Crippen molar-refractivity contribution in [1.82, 2.24) is 0 Å². The molecule has 2 heterocycles. The lowest BCUT2D eigenvalue weighted by molar-refractivity contribution is -0.0341. The quantitative estimate of drug-likeness (QED) is 0.728. The van der Waals surface area contributed by atoms with E-state index in [2.05, 4.69) is 15.9 Å². The molecule has 16 heavy (non-hydrogen) atoms. The van der Waals surface area contributed by atoms with Gasteiger partial charge in [-0.25, -0.2) is 0 Å².